The number of piperidine rings is 1. The first-order chi connectivity index (χ1) is 8.40. The maximum absolute atomic E-state index is 10.5. The Bertz CT molecular complexity index is 280. The molecule has 0 aromatic heterocycles. The van der Waals surface area contributed by atoms with Crippen LogP contribution >= 0.6 is 0 Å². The molecular weight excluding hydrogens is 226 g/mol. The lowest BCUT2D eigenvalue weighted by Gasteiger charge is -2.44. The number of aliphatic hydroxyl groups is 2. The molecule has 1 saturated carbocycles. The molecule has 0 aromatic rings. The lowest BCUT2D eigenvalue weighted by Crippen LogP contribution is -2.49. The minimum atomic E-state index is -0.173. The van der Waals surface area contributed by atoms with E-state index >= 15 is 0 Å². The molecule has 4 atom stereocenters. The molecule has 106 valence electrons. The van der Waals surface area contributed by atoms with Crippen molar-refractivity contribution in [2.75, 3.05) is 19.6 Å². The van der Waals surface area contributed by atoms with Gasteiger partial charge in [0, 0.05) is 19.6 Å². The predicted molar refractivity (Wildman–Crippen MR) is 73.4 cm³/mol. The summed E-state index contributed by atoms with van der Waals surface area (Å²) in [5, 5.41) is 20.2. The van der Waals surface area contributed by atoms with Crippen molar-refractivity contribution in [1.82, 2.24) is 4.90 Å². The summed E-state index contributed by atoms with van der Waals surface area (Å²) in [6.45, 7) is 9.46. The Morgan fingerprint density at radius 2 is 1.94 bits per heavy atom. The third kappa shape index (κ3) is 3.06. The van der Waals surface area contributed by atoms with E-state index in [2.05, 4.69) is 25.7 Å². The summed E-state index contributed by atoms with van der Waals surface area (Å²) in [5.74, 6) is 0.781. The van der Waals surface area contributed by atoms with Crippen molar-refractivity contribution in [1.29, 1.82) is 0 Å². The highest BCUT2D eigenvalue weighted by Crippen LogP contribution is 2.39. The summed E-state index contributed by atoms with van der Waals surface area (Å²) >= 11 is 0. The Hall–Kier alpha value is -0.120. The van der Waals surface area contributed by atoms with Crippen LogP contribution in [0, 0.1) is 17.3 Å². The van der Waals surface area contributed by atoms with Crippen LogP contribution in [0.15, 0.2) is 0 Å². The summed E-state index contributed by atoms with van der Waals surface area (Å²) < 4.78 is 0. The van der Waals surface area contributed by atoms with E-state index < -0.39 is 0 Å². The molecule has 4 unspecified atom stereocenters. The van der Waals surface area contributed by atoms with E-state index in [1.165, 1.54) is 6.42 Å². The molecule has 0 spiro atoms. The highest BCUT2D eigenvalue weighted by molar-refractivity contribution is 4.90. The van der Waals surface area contributed by atoms with Gasteiger partial charge in [-0.2, -0.15) is 0 Å². The van der Waals surface area contributed by atoms with Gasteiger partial charge in [0.2, 0.25) is 0 Å². The molecule has 2 N–H and O–H groups in total. The van der Waals surface area contributed by atoms with Crippen LogP contribution in [0.3, 0.4) is 0 Å². The fourth-order valence-electron chi connectivity index (χ4n) is 3.67. The fraction of sp³-hybridized carbons (Fsp3) is 1.00. The maximum atomic E-state index is 10.5. The van der Waals surface area contributed by atoms with Gasteiger partial charge >= 0.3 is 0 Å². The predicted octanol–water partition coefficient (Wildman–Crippen LogP) is 1.88. The van der Waals surface area contributed by atoms with Crippen LogP contribution in [-0.4, -0.2) is 47.0 Å². The number of likely N-dealkylation sites (tertiary alicyclic amines) is 1. The van der Waals surface area contributed by atoms with E-state index in [1.54, 1.807) is 0 Å². The zero-order valence-corrected chi connectivity index (χ0v) is 12.1. The topological polar surface area (TPSA) is 43.7 Å². The first kappa shape index (κ1) is 14.3. The Labute approximate surface area is 111 Å². The van der Waals surface area contributed by atoms with Gasteiger partial charge in [0.25, 0.3) is 0 Å². The van der Waals surface area contributed by atoms with Gasteiger partial charge in [0.1, 0.15) is 0 Å². The van der Waals surface area contributed by atoms with Crippen molar-refractivity contribution in [2.45, 2.75) is 58.7 Å². The summed E-state index contributed by atoms with van der Waals surface area (Å²) in [7, 11) is 0. The van der Waals surface area contributed by atoms with Gasteiger partial charge in [-0.3, -0.25) is 0 Å². The minimum Gasteiger partial charge on any atom is -0.393 e. The van der Waals surface area contributed by atoms with Crippen molar-refractivity contribution in [3.05, 3.63) is 0 Å². The van der Waals surface area contributed by atoms with Crippen molar-refractivity contribution in [2.24, 2.45) is 17.3 Å². The molecule has 1 aliphatic heterocycles. The van der Waals surface area contributed by atoms with Crippen molar-refractivity contribution >= 4 is 0 Å². The van der Waals surface area contributed by atoms with Gasteiger partial charge in [-0.05, 0) is 36.5 Å². The van der Waals surface area contributed by atoms with Gasteiger partial charge in [-0.15, -0.1) is 0 Å². The second kappa shape index (κ2) is 5.48. The van der Waals surface area contributed by atoms with Crippen LogP contribution in [0.1, 0.15) is 46.5 Å². The van der Waals surface area contributed by atoms with Gasteiger partial charge in [-0.25, -0.2) is 0 Å². The monoisotopic (exact) mass is 255 g/mol. The number of hydrogen-bond acceptors (Lipinski definition) is 3. The molecule has 2 aliphatic rings. The zero-order valence-electron chi connectivity index (χ0n) is 12.1. The molecule has 2 fully saturated rings. The van der Waals surface area contributed by atoms with Crippen LogP contribution < -0.4 is 0 Å². The highest BCUT2D eigenvalue weighted by atomic mass is 16.3. The van der Waals surface area contributed by atoms with E-state index in [9.17, 15) is 10.2 Å². The van der Waals surface area contributed by atoms with Gasteiger partial charge in [-0.1, -0.05) is 27.2 Å². The SMILES string of the molecule is CC1CN(CC2CCCC(C)(C)C2O)CCC1O. The summed E-state index contributed by atoms with van der Waals surface area (Å²) in [5.41, 5.74) is 0.0732. The van der Waals surface area contributed by atoms with Gasteiger partial charge in [0.15, 0.2) is 0 Å². The molecule has 1 aliphatic carbocycles. The van der Waals surface area contributed by atoms with Gasteiger partial charge < -0.3 is 15.1 Å². The molecule has 0 radical (unpaired) electrons. The Morgan fingerprint density at radius 1 is 1.22 bits per heavy atom. The molecule has 1 heterocycles. The number of hydrogen-bond donors (Lipinski definition) is 2. The number of aliphatic hydroxyl groups excluding tert-OH is 2. The van der Waals surface area contributed by atoms with Gasteiger partial charge in [0.05, 0.1) is 12.2 Å². The summed E-state index contributed by atoms with van der Waals surface area (Å²) in [6.07, 6.45) is 4.11. The average Bonchev–Trinajstić information content (AvgIpc) is 2.30. The largest absolute Gasteiger partial charge is 0.393 e. The lowest BCUT2D eigenvalue weighted by molar-refractivity contribution is -0.0525. The quantitative estimate of drug-likeness (QED) is 0.792. The van der Waals surface area contributed by atoms with E-state index in [0.29, 0.717) is 11.8 Å². The highest BCUT2D eigenvalue weighted by Gasteiger charge is 2.38. The maximum Gasteiger partial charge on any atom is 0.0631 e. The summed E-state index contributed by atoms with van der Waals surface area (Å²) in [6, 6.07) is 0. The standard InChI is InChI=1S/C15H29NO2/c1-11-9-16(8-6-13(11)17)10-12-5-4-7-15(2,3)14(12)18/h11-14,17-18H,4-10H2,1-3H3. The van der Waals surface area contributed by atoms with E-state index in [4.69, 9.17) is 0 Å². The fourth-order valence-corrected chi connectivity index (χ4v) is 3.67. The first-order valence-corrected chi connectivity index (χ1v) is 7.48. The molecule has 1 saturated heterocycles. The Balaban J connectivity index is 1.89. The number of rotatable bonds is 2. The third-order valence-electron chi connectivity index (χ3n) is 5.08. The molecular formula is C15H29NO2. The van der Waals surface area contributed by atoms with Crippen LogP contribution in [0.4, 0.5) is 0 Å². The molecule has 0 aromatic carbocycles. The van der Waals surface area contributed by atoms with Crippen molar-refractivity contribution in [3.8, 4) is 0 Å². The zero-order chi connectivity index (χ0) is 13.3. The second-order valence-corrected chi connectivity index (χ2v) is 7.18. The second-order valence-electron chi connectivity index (χ2n) is 7.18. The van der Waals surface area contributed by atoms with Crippen LogP contribution in [-0.2, 0) is 0 Å². The van der Waals surface area contributed by atoms with E-state index in [0.717, 1.165) is 38.9 Å². The summed E-state index contributed by atoms with van der Waals surface area (Å²) in [4.78, 5) is 2.44. The molecule has 2 rings (SSSR count). The Morgan fingerprint density at radius 3 is 2.61 bits per heavy atom. The molecule has 0 amide bonds. The van der Waals surface area contributed by atoms with E-state index in [-0.39, 0.29) is 17.6 Å². The van der Waals surface area contributed by atoms with Crippen molar-refractivity contribution < 1.29 is 10.2 Å². The normalized spacial score (nSPS) is 41.8. The molecule has 18 heavy (non-hydrogen) atoms. The molecule has 3 heteroatoms. The molecule has 3 nitrogen and oxygen atoms in total. The Kier molecular flexibility index (Phi) is 4.35. The van der Waals surface area contributed by atoms with Crippen LogP contribution in [0.25, 0.3) is 0 Å². The van der Waals surface area contributed by atoms with Crippen LogP contribution in [0.5, 0.6) is 0 Å². The average molecular weight is 255 g/mol. The smallest absolute Gasteiger partial charge is 0.0631 e. The van der Waals surface area contributed by atoms with Crippen molar-refractivity contribution in [3.63, 3.8) is 0 Å². The lowest BCUT2D eigenvalue weighted by atomic mass is 9.69. The first-order valence-electron chi connectivity index (χ1n) is 7.48. The minimum absolute atomic E-state index is 0.0732. The molecule has 0 bridgehead atoms. The van der Waals surface area contributed by atoms with E-state index in [1.807, 2.05) is 0 Å². The number of nitrogens with zero attached hydrogens (tertiary/aromatic N) is 1. The third-order valence-corrected chi connectivity index (χ3v) is 5.08. The van der Waals surface area contributed by atoms with Crippen LogP contribution in [0.2, 0.25) is 0 Å².